The molecule has 0 bridgehead atoms. The second kappa shape index (κ2) is 5.45. The van der Waals surface area contributed by atoms with E-state index in [0.717, 1.165) is 6.54 Å². The van der Waals surface area contributed by atoms with E-state index < -0.39 is 0 Å². The minimum absolute atomic E-state index is 0.354. The Balaban J connectivity index is 1.93. The van der Waals surface area contributed by atoms with Gasteiger partial charge in [0, 0.05) is 27.9 Å². The molecular weight excluding hydrogens is 313 g/mol. The molecule has 2 rings (SSSR count). The fraction of sp³-hybridized carbons (Fsp3) is 0.250. The summed E-state index contributed by atoms with van der Waals surface area (Å²) in [5, 5.41) is 10.2. The Hall–Kier alpha value is -0.880. The van der Waals surface area contributed by atoms with Gasteiger partial charge in [-0.2, -0.15) is 5.10 Å². The maximum absolute atomic E-state index is 3.92. The molecular formula is C12H14IN3. The molecule has 1 aromatic carbocycles. The molecule has 0 spiro atoms. The molecule has 4 heteroatoms. The van der Waals surface area contributed by atoms with Crippen LogP contribution in [0.3, 0.4) is 0 Å². The van der Waals surface area contributed by atoms with E-state index in [1.54, 1.807) is 0 Å². The Morgan fingerprint density at radius 2 is 2.12 bits per heavy atom. The molecule has 0 saturated carbocycles. The average molecular weight is 327 g/mol. The molecule has 2 N–H and O–H groups in total. The minimum atomic E-state index is 0.354. The monoisotopic (exact) mass is 327 g/mol. The third-order valence-corrected chi connectivity index (χ3v) is 3.26. The number of rotatable bonds is 4. The van der Waals surface area contributed by atoms with Crippen LogP contribution in [0.5, 0.6) is 0 Å². The summed E-state index contributed by atoms with van der Waals surface area (Å²) in [6.45, 7) is 3.01. The Morgan fingerprint density at radius 1 is 1.38 bits per heavy atom. The third-order valence-electron chi connectivity index (χ3n) is 2.54. The molecule has 1 atom stereocenters. The van der Waals surface area contributed by atoms with Crippen LogP contribution >= 0.6 is 22.6 Å². The van der Waals surface area contributed by atoms with Gasteiger partial charge in [-0.1, -0.05) is 12.1 Å². The van der Waals surface area contributed by atoms with Gasteiger partial charge in [0.25, 0.3) is 0 Å². The second-order valence-corrected chi connectivity index (χ2v) is 5.01. The maximum atomic E-state index is 3.92. The van der Waals surface area contributed by atoms with Gasteiger partial charge in [0.05, 0.1) is 6.20 Å². The summed E-state index contributed by atoms with van der Waals surface area (Å²) in [5.41, 5.74) is 2.49. The van der Waals surface area contributed by atoms with Crippen molar-refractivity contribution >= 4 is 22.6 Å². The van der Waals surface area contributed by atoms with Gasteiger partial charge < -0.3 is 5.32 Å². The number of nitrogens with zero attached hydrogens (tertiary/aromatic N) is 1. The number of halogens is 1. The van der Waals surface area contributed by atoms with Gasteiger partial charge in [0.2, 0.25) is 0 Å². The van der Waals surface area contributed by atoms with Crippen LogP contribution in [0.4, 0.5) is 0 Å². The molecule has 1 heterocycles. The summed E-state index contributed by atoms with van der Waals surface area (Å²) >= 11 is 2.32. The summed E-state index contributed by atoms with van der Waals surface area (Å²) in [6.07, 6.45) is 3.75. The van der Waals surface area contributed by atoms with Crippen molar-refractivity contribution in [3.63, 3.8) is 0 Å². The van der Waals surface area contributed by atoms with Crippen molar-refractivity contribution in [1.29, 1.82) is 0 Å². The number of aromatic amines is 1. The largest absolute Gasteiger partial charge is 0.306 e. The Kier molecular flexibility index (Phi) is 3.95. The quantitative estimate of drug-likeness (QED) is 0.848. The zero-order valence-electron chi connectivity index (χ0n) is 9.07. The lowest BCUT2D eigenvalue weighted by Gasteiger charge is -2.13. The van der Waals surface area contributed by atoms with Crippen LogP contribution in [0, 0.1) is 3.57 Å². The van der Waals surface area contributed by atoms with Crippen LogP contribution in [-0.2, 0) is 6.54 Å². The van der Waals surface area contributed by atoms with Gasteiger partial charge >= 0.3 is 0 Å². The van der Waals surface area contributed by atoms with Crippen LogP contribution in [0.2, 0.25) is 0 Å². The van der Waals surface area contributed by atoms with E-state index in [1.807, 2.05) is 12.4 Å². The number of hydrogen-bond acceptors (Lipinski definition) is 2. The molecule has 0 aliphatic rings. The van der Waals surface area contributed by atoms with Crippen LogP contribution in [-0.4, -0.2) is 10.2 Å². The fourth-order valence-corrected chi connectivity index (χ4v) is 1.87. The SMILES string of the molecule is CC(NCc1cn[nH]c1)c1ccc(I)cc1. The first kappa shape index (κ1) is 11.6. The van der Waals surface area contributed by atoms with Gasteiger partial charge in [-0.05, 0) is 47.2 Å². The number of hydrogen-bond donors (Lipinski definition) is 2. The molecule has 16 heavy (non-hydrogen) atoms. The summed E-state index contributed by atoms with van der Waals surface area (Å²) in [5.74, 6) is 0. The highest BCUT2D eigenvalue weighted by molar-refractivity contribution is 14.1. The molecule has 84 valence electrons. The van der Waals surface area contributed by atoms with Crippen molar-refractivity contribution < 1.29 is 0 Å². The van der Waals surface area contributed by atoms with Gasteiger partial charge in [-0.3, -0.25) is 5.10 Å². The first-order valence-corrected chi connectivity index (χ1v) is 6.30. The smallest absolute Gasteiger partial charge is 0.0532 e. The predicted molar refractivity (Wildman–Crippen MR) is 73.0 cm³/mol. The third kappa shape index (κ3) is 3.05. The number of benzene rings is 1. The predicted octanol–water partition coefficient (Wildman–Crippen LogP) is 2.87. The molecule has 0 fully saturated rings. The lowest BCUT2D eigenvalue weighted by Crippen LogP contribution is -2.17. The van der Waals surface area contributed by atoms with Crippen molar-refractivity contribution in [1.82, 2.24) is 15.5 Å². The van der Waals surface area contributed by atoms with Crippen LogP contribution in [0.15, 0.2) is 36.7 Å². The summed E-state index contributed by atoms with van der Waals surface area (Å²) in [7, 11) is 0. The van der Waals surface area contributed by atoms with E-state index in [4.69, 9.17) is 0 Å². The van der Waals surface area contributed by atoms with E-state index in [2.05, 4.69) is 69.3 Å². The Labute approximate surface area is 109 Å². The minimum Gasteiger partial charge on any atom is -0.306 e. The first-order valence-electron chi connectivity index (χ1n) is 5.22. The van der Waals surface area contributed by atoms with Crippen LogP contribution in [0.1, 0.15) is 24.1 Å². The highest BCUT2D eigenvalue weighted by atomic mass is 127. The number of nitrogens with one attached hydrogen (secondary N) is 2. The van der Waals surface area contributed by atoms with Crippen molar-refractivity contribution in [3.05, 3.63) is 51.4 Å². The normalized spacial score (nSPS) is 12.6. The molecule has 0 aliphatic carbocycles. The van der Waals surface area contributed by atoms with Gasteiger partial charge in [0.1, 0.15) is 0 Å². The summed E-state index contributed by atoms with van der Waals surface area (Å²) in [6, 6.07) is 8.94. The zero-order chi connectivity index (χ0) is 11.4. The summed E-state index contributed by atoms with van der Waals surface area (Å²) in [4.78, 5) is 0. The Bertz CT molecular complexity index is 422. The molecule has 0 radical (unpaired) electrons. The first-order chi connectivity index (χ1) is 7.75. The number of H-pyrrole nitrogens is 1. The molecule has 3 nitrogen and oxygen atoms in total. The van der Waals surface area contributed by atoms with Gasteiger partial charge in [0.15, 0.2) is 0 Å². The number of aromatic nitrogens is 2. The lowest BCUT2D eigenvalue weighted by atomic mass is 10.1. The lowest BCUT2D eigenvalue weighted by molar-refractivity contribution is 0.575. The highest BCUT2D eigenvalue weighted by Crippen LogP contribution is 2.14. The van der Waals surface area contributed by atoms with E-state index in [1.165, 1.54) is 14.7 Å². The van der Waals surface area contributed by atoms with Crippen molar-refractivity contribution in [2.45, 2.75) is 19.5 Å². The fourth-order valence-electron chi connectivity index (χ4n) is 1.51. The topological polar surface area (TPSA) is 40.7 Å². The average Bonchev–Trinajstić information content (AvgIpc) is 2.80. The molecule has 1 unspecified atom stereocenters. The maximum Gasteiger partial charge on any atom is 0.0532 e. The van der Waals surface area contributed by atoms with Crippen molar-refractivity contribution in [2.24, 2.45) is 0 Å². The highest BCUT2D eigenvalue weighted by Gasteiger charge is 2.04. The molecule has 0 saturated heterocycles. The standard InChI is InChI=1S/C12H14IN3/c1-9(11-2-4-12(13)5-3-11)14-6-10-7-15-16-8-10/h2-5,7-9,14H,6H2,1H3,(H,15,16). The van der Waals surface area contributed by atoms with E-state index in [-0.39, 0.29) is 0 Å². The zero-order valence-corrected chi connectivity index (χ0v) is 11.2. The van der Waals surface area contributed by atoms with Crippen molar-refractivity contribution in [3.8, 4) is 0 Å². The molecule has 0 amide bonds. The van der Waals surface area contributed by atoms with Gasteiger partial charge in [-0.25, -0.2) is 0 Å². The summed E-state index contributed by atoms with van der Waals surface area (Å²) < 4.78 is 1.27. The van der Waals surface area contributed by atoms with Crippen LogP contribution in [0.25, 0.3) is 0 Å². The van der Waals surface area contributed by atoms with Crippen molar-refractivity contribution in [2.75, 3.05) is 0 Å². The van der Waals surface area contributed by atoms with E-state index in [9.17, 15) is 0 Å². The molecule has 1 aromatic heterocycles. The van der Waals surface area contributed by atoms with Crippen LogP contribution < -0.4 is 5.32 Å². The Morgan fingerprint density at radius 3 is 2.75 bits per heavy atom. The van der Waals surface area contributed by atoms with E-state index in [0.29, 0.717) is 6.04 Å². The molecule has 2 aromatic rings. The molecule has 0 aliphatic heterocycles. The van der Waals surface area contributed by atoms with E-state index >= 15 is 0 Å². The van der Waals surface area contributed by atoms with Gasteiger partial charge in [-0.15, -0.1) is 0 Å². The second-order valence-electron chi connectivity index (χ2n) is 3.76.